The molecule has 0 radical (unpaired) electrons. The van der Waals surface area contributed by atoms with E-state index in [1.165, 1.54) is 12.1 Å². The number of hydrogen-bond acceptors (Lipinski definition) is 4. The molecule has 8 heteroatoms. The minimum atomic E-state index is -1.29. The monoisotopic (exact) mass is 328 g/mol. The second-order valence-corrected chi connectivity index (χ2v) is 5.05. The summed E-state index contributed by atoms with van der Waals surface area (Å²) in [4.78, 5) is 23.5. The van der Waals surface area contributed by atoms with E-state index in [1.54, 1.807) is 13.8 Å². The van der Waals surface area contributed by atoms with Gasteiger partial charge in [0.25, 0.3) is 5.91 Å². The van der Waals surface area contributed by atoms with Crippen molar-refractivity contribution in [2.75, 3.05) is 5.32 Å². The fourth-order valence-electron chi connectivity index (χ4n) is 1.87. The molecule has 2 N–H and O–H groups in total. The summed E-state index contributed by atoms with van der Waals surface area (Å²) in [6.07, 6.45) is 0. The van der Waals surface area contributed by atoms with Crippen LogP contribution in [0.1, 0.15) is 32.2 Å². The van der Waals surface area contributed by atoms with Crippen molar-refractivity contribution < 1.29 is 19.2 Å². The van der Waals surface area contributed by atoms with Crippen molar-refractivity contribution >= 4 is 40.8 Å². The van der Waals surface area contributed by atoms with Crippen LogP contribution in [-0.4, -0.2) is 22.1 Å². The van der Waals surface area contributed by atoms with Crippen LogP contribution in [0, 0.1) is 13.8 Å². The maximum absolute atomic E-state index is 12.2. The van der Waals surface area contributed by atoms with Crippen LogP contribution < -0.4 is 5.32 Å². The quantitative estimate of drug-likeness (QED) is 0.898. The molecule has 0 aliphatic heterocycles. The predicted octanol–water partition coefficient (Wildman–Crippen LogP) is 3.55. The number of halogens is 2. The molecule has 0 unspecified atom stereocenters. The van der Waals surface area contributed by atoms with E-state index in [1.807, 2.05) is 0 Å². The molecule has 1 aromatic carbocycles. The van der Waals surface area contributed by atoms with Crippen molar-refractivity contribution in [3.63, 3.8) is 0 Å². The highest BCUT2D eigenvalue weighted by Crippen LogP contribution is 2.32. The number of carboxylic acid groups (broad SMARTS) is 1. The number of aromatic nitrogens is 1. The number of aryl methyl sites for hydroxylation is 2. The molecular weight excluding hydrogens is 319 g/mol. The Hall–Kier alpha value is -2.05. The third-order valence-corrected chi connectivity index (χ3v) is 3.45. The lowest BCUT2D eigenvalue weighted by molar-refractivity contribution is 0.0698. The first-order valence-electron chi connectivity index (χ1n) is 5.78. The van der Waals surface area contributed by atoms with Gasteiger partial charge >= 0.3 is 5.97 Å². The first-order valence-corrected chi connectivity index (χ1v) is 6.54. The third-order valence-electron chi connectivity index (χ3n) is 2.82. The number of benzene rings is 1. The Morgan fingerprint density at radius 2 is 1.81 bits per heavy atom. The summed E-state index contributed by atoms with van der Waals surface area (Å²) in [5, 5.41) is 15.4. The van der Waals surface area contributed by atoms with Gasteiger partial charge in [0, 0.05) is 0 Å². The highest BCUT2D eigenvalue weighted by atomic mass is 35.5. The fraction of sp³-hybridized carbons (Fsp3) is 0.154. The molecule has 0 spiro atoms. The van der Waals surface area contributed by atoms with Gasteiger partial charge in [0.05, 0.1) is 21.4 Å². The molecule has 0 saturated carbocycles. The Morgan fingerprint density at radius 3 is 2.33 bits per heavy atom. The molecule has 2 aromatic rings. The average molecular weight is 329 g/mol. The molecule has 1 heterocycles. The van der Waals surface area contributed by atoms with E-state index >= 15 is 0 Å². The lowest BCUT2D eigenvalue weighted by Gasteiger charge is -2.11. The van der Waals surface area contributed by atoms with Crippen LogP contribution in [-0.2, 0) is 0 Å². The molecule has 0 bridgehead atoms. The van der Waals surface area contributed by atoms with Crippen molar-refractivity contribution in [1.82, 2.24) is 5.16 Å². The largest absolute Gasteiger partial charge is 0.478 e. The fourth-order valence-corrected chi connectivity index (χ4v) is 2.31. The molecule has 0 saturated heterocycles. The number of aromatic carboxylic acids is 1. The number of hydrogen-bond donors (Lipinski definition) is 2. The highest BCUT2D eigenvalue weighted by molar-refractivity contribution is 6.38. The van der Waals surface area contributed by atoms with Gasteiger partial charge in [-0.2, -0.15) is 0 Å². The van der Waals surface area contributed by atoms with Gasteiger partial charge in [0.2, 0.25) is 0 Å². The normalized spacial score (nSPS) is 10.5. The van der Waals surface area contributed by atoms with E-state index < -0.39 is 11.9 Å². The van der Waals surface area contributed by atoms with Crippen LogP contribution in [0.25, 0.3) is 0 Å². The molecule has 0 atom stereocenters. The van der Waals surface area contributed by atoms with Crippen molar-refractivity contribution in [3.05, 3.63) is 44.8 Å². The highest BCUT2D eigenvalue weighted by Gasteiger charge is 2.23. The Morgan fingerprint density at radius 1 is 1.19 bits per heavy atom. The smallest absolute Gasteiger partial charge is 0.339 e. The van der Waals surface area contributed by atoms with E-state index in [0.717, 1.165) is 0 Å². The number of anilines is 1. The number of nitrogens with one attached hydrogen (secondary N) is 1. The van der Waals surface area contributed by atoms with Gasteiger partial charge < -0.3 is 14.9 Å². The summed E-state index contributed by atoms with van der Waals surface area (Å²) in [7, 11) is 0. The Labute approximate surface area is 129 Å². The number of nitrogens with zero attached hydrogens (tertiary/aromatic N) is 1. The van der Waals surface area contributed by atoms with Crippen LogP contribution in [0.15, 0.2) is 16.7 Å². The molecule has 0 aliphatic rings. The van der Waals surface area contributed by atoms with Gasteiger partial charge in [0.15, 0.2) is 0 Å². The number of carbonyl (C=O) groups excluding carboxylic acids is 1. The SMILES string of the molecule is Cc1noc(C)c1C(=O)Nc1c(Cl)ccc(Cl)c1C(=O)O. The molecule has 110 valence electrons. The number of carbonyl (C=O) groups is 2. The lowest BCUT2D eigenvalue weighted by atomic mass is 10.1. The van der Waals surface area contributed by atoms with E-state index in [9.17, 15) is 14.7 Å². The topological polar surface area (TPSA) is 92.4 Å². The van der Waals surface area contributed by atoms with Crippen LogP contribution in [0.4, 0.5) is 5.69 Å². The molecule has 1 aromatic heterocycles. The maximum atomic E-state index is 12.2. The van der Waals surface area contributed by atoms with Crippen molar-refractivity contribution in [2.45, 2.75) is 13.8 Å². The Balaban J connectivity index is 2.47. The number of carboxylic acids is 1. The first-order chi connectivity index (χ1) is 9.82. The van der Waals surface area contributed by atoms with Gasteiger partial charge in [-0.1, -0.05) is 28.4 Å². The van der Waals surface area contributed by atoms with Gasteiger partial charge in [-0.25, -0.2) is 4.79 Å². The minimum Gasteiger partial charge on any atom is -0.478 e. The van der Waals surface area contributed by atoms with E-state index in [-0.39, 0.29) is 26.9 Å². The van der Waals surface area contributed by atoms with Crippen molar-refractivity contribution in [2.24, 2.45) is 0 Å². The molecular formula is C13H10Cl2N2O4. The van der Waals surface area contributed by atoms with E-state index in [4.69, 9.17) is 27.7 Å². The second kappa shape index (κ2) is 5.75. The van der Waals surface area contributed by atoms with Gasteiger partial charge in [-0.05, 0) is 26.0 Å². The van der Waals surface area contributed by atoms with Crippen LogP contribution in [0.5, 0.6) is 0 Å². The Kier molecular flexibility index (Phi) is 4.20. The molecule has 6 nitrogen and oxygen atoms in total. The lowest BCUT2D eigenvalue weighted by Crippen LogP contribution is -2.17. The first kappa shape index (κ1) is 15.3. The molecule has 0 aliphatic carbocycles. The van der Waals surface area contributed by atoms with E-state index in [0.29, 0.717) is 11.5 Å². The number of rotatable bonds is 3. The van der Waals surface area contributed by atoms with E-state index in [2.05, 4.69) is 10.5 Å². The summed E-state index contributed by atoms with van der Waals surface area (Å²) in [6.45, 7) is 3.18. The summed E-state index contributed by atoms with van der Waals surface area (Å²) in [6, 6.07) is 2.75. The summed E-state index contributed by atoms with van der Waals surface area (Å²) < 4.78 is 4.90. The van der Waals surface area contributed by atoms with Crippen LogP contribution >= 0.6 is 23.2 Å². The van der Waals surface area contributed by atoms with Gasteiger partial charge in [-0.15, -0.1) is 0 Å². The average Bonchev–Trinajstić information content (AvgIpc) is 2.73. The minimum absolute atomic E-state index is 0.0269. The maximum Gasteiger partial charge on any atom is 0.339 e. The standard InChI is InChI=1S/C13H10Cl2N2O4/c1-5-9(6(2)21-17-5)12(18)16-11-8(15)4-3-7(14)10(11)13(19)20/h3-4H,1-2H3,(H,16,18)(H,19,20). The summed E-state index contributed by atoms with van der Waals surface area (Å²) in [5.74, 6) is -1.55. The third kappa shape index (κ3) is 2.86. The molecule has 0 fully saturated rings. The van der Waals surface area contributed by atoms with Crippen molar-refractivity contribution in [1.29, 1.82) is 0 Å². The molecule has 1 amide bonds. The zero-order valence-electron chi connectivity index (χ0n) is 11.0. The van der Waals surface area contributed by atoms with Crippen LogP contribution in [0.2, 0.25) is 10.0 Å². The molecule has 21 heavy (non-hydrogen) atoms. The number of amides is 1. The zero-order chi connectivity index (χ0) is 15.7. The predicted molar refractivity (Wildman–Crippen MR) is 77.4 cm³/mol. The van der Waals surface area contributed by atoms with Gasteiger partial charge in [0.1, 0.15) is 16.9 Å². The van der Waals surface area contributed by atoms with Crippen molar-refractivity contribution in [3.8, 4) is 0 Å². The van der Waals surface area contributed by atoms with Gasteiger partial charge in [-0.3, -0.25) is 4.79 Å². The second-order valence-electron chi connectivity index (χ2n) is 4.24. The summed E-state index contributed by atoms with van der Waals surface area (Å²) >= 11 is 11.8. The zero-order valence-corrected chi connectivity index (χ0v) is 12.5. The van der Waals surface area contributed by atoms with Crippen LogP contribution in [0.3, 0.4) is 0 Å². The summed E-state index contributed by atoms with van der Waals surface area (Å²) in [5.41, 5.74) is 0.272. The Bertz CT molecular complexity index is 721. The molecule has 2 rings (SSSR count).